The Kier molecular flexibility index (Phi) is 4.09. The largest absolute Gasteiger partial charge is 0.506 e. The average molecular weight is 311 g/mol. The number of phenols is 1. The number of phenolic OH excluding ortho intramolecular Hbond substituents is 1. The number of hydrogen-bond donors (Lipinski definition) is 2. The molecule has 0 bridgehead atoms. The van der Waals surface area contributed by atoms with Gasteiger partial charge in [0.05, 0.1) is 23.7 Å². The molecule has 1 aliphatic heterocycles. The number of carbonyl (C=O) groups is 2. The van der Waals surface area contributed by atoms with Crippen molar-refractivity contribution in [1.82, 2.24) is 10.2 Å². The van der Waals surface area contributed by atoms with Crippen molar-refractivity contribution >= 4 is 23.6 Å². The molecule has 1 aliphatic rings. The van der Waals surface area contributed by atoms with E-state index in [0.29, 0.717) is 11.3 Å². The van der Waals surface area contributed by atoms with Gasteiger partial charge in [0.1, 0.15) is 5.75 Å². The highest BCUT2D eigenvalue weighted by Gasteiger charge is 2.35. The van der Waals surface area contributed by atoms with Crippen LogP contribution in [0.1, 0.15) is 18.5 Å². The highest BCUT2D eigenvalue weighted by Crippen LogP contribution is 2.37. The number of nitrogens with zero attached hydrogens (tertiary/aromatic N) is 1. The van der Waals surface area contributed by atoms with Gasteiger partial charge in [0.15, 0.2) is 0 Å². The lowest BCUT2D eigenvalue weighted by Crippen LogP contribution is -2.46. The number of nitrogens with one attached hydrogen (secondary N) is 1. The Morgan fingerprint density at radius 2 is 2.14 bits per heavy atom. The van der Waals surface area contributed by atoms with Crippen molar-refractivity contribution in [1.29, 1.82) is 0 Å². The van der Waals surface area contributed by atoms with E-state index in [0.717, 1.165) is 0 Å². The van der Waals surface area contributed by atoms with Gasteiger partial charge in [0, 0.05) is 18.3 Å². The molecule has 0 unspecified atom stereocenters. The number of hydrogen-bond acceptors (Lipinski definition) is 4. The fourth-order valence-electron chi connectivity index (χ4n) is 2.20. The van der Waals surface area contributed by atoms with Gasteiger partial charge in [-0.05, 0) is 13.0 Å². The van der Waals surface area contributed by atoms with Crippen molar-refractivity contribution in [2.24, 2.45) is 0 Å². The zero-order valence-electron chi connectivity index (χ0n) is 11.8. The predicted molar refractivity (Wildman–Crippen MR) is 76.9 cm³/mol. The van der Waals surface area contributed by atoms with Gasteiger partial charge >= 0.3 is 12.0 Å². The Hall–Kier alpha value is -2.21. The number of rotatable bonds is 2. The third-order valence-electron chi connectivity index (χ3n) is 3.48. The van der Waals surface area contributed by atoms with E-state index < -0.39 is 12.0 Å². The molecule has 0 saturated carbocycles. The normalized spacial score (nSPS) is 18.6. The van der Waals surface area contributed by atoms with Crippen LogP contribution in [-0.4, -0.2) is 36.2 Å². The van der Waals surface area contributed by atoms with Crippen molar-refractivity contribution in [3.8, 4) is 5.75 Å². The number of methoxy groups -OCH3 is 1. The molecular weight excluding hydrogens is 296 g/mol. The smallest absolute Gasteiger partial charge is 0.337 e. The zero-order valence-corrected chi connectivity index (χ0v) is 12.6. The van der Waals surface area contributed by atoms with Crippen molar-refractivity contribution in [3.63, 3.8) is 0 Å². The van der Waals surface area contributed by atoms with Gasteiger partial charge < -0.3 is 20.1 Å². The Bertz CT molecular complexity index is 642. The number of ether oxygens (including phenoxy) is 1. The molecule has 2 rings (SSSR count). The van der Waals surface area contributed by atoms with Gasteiger partial charge in [-0.3, -0.25) is 0 Å². The van der Waals surface area contributed by atoms with Crippen LogP contribution in [0.2, 0.25) is 5.02 Å². The van der Waals surface area contributed by atoms with E-state index in [1.807, 2.05) is 0 Å². The Morgan fingerprint density at radius 3 is 2.76 bits per heavy atom. The SMILES string of the molecule is COC(=O)C1=C(C)N(C)C(=O)N[C@H]1c1cccc(O)c1Cl. The summed E-state index contributed by atoms with van der Waals surface area (Å²) in [5.41, 5.74) is 1.17. The second-order valence-corrected chi connectivity index (χ2v) is 4.99. The quantitative estimate of drug-likeness (QED) is 0.821. The van der Waals surface area contributed by atoms with Gasteiger partial charge in [-0.15, -0.1) is 0 Å². The van der Waals surface area contributed by atoms with Crippen LogP contribution in [0, 0.1) is 0 Å². The van der Waals surface area contributed by atoms with Crippen LogP contribution in [0.5, 0.6) is 5.75 Å². The number of halogens is 1. The van der Waals surface area contributed by atoms with E-state index in [1.165, 1.54) is 18.1 Å². The average Bonchev–Trinajstić information content (AvgIpc) is 2.46. The molecule has 7 heteroatoms. The van der Waals surface area contributed by atoms with Crippen molar-refractivity contribution in [2.75, 3.05) is 14.2 Å². The lowest BCUT2D eigenvalue weighted by atomic mass is 9.95. The molecule has 2 N–H and O–H groups in total. The zero-order chi connectivity index (χ0) is 15.7. The molecule has 0 aromatic heterocycles. The summed E-state index contributed by atoms with van der Waals surface area (Å²) in [6.45, 7) is 1.65. The lowest BCUT2D eigenvalue weighted by Gasteiger charge is -2.33. The lowest BCUT2D eigenvalue weighted by molar-refractivity contribution is -0.136. The monoisotopic (exact) mass is 310 g/mol. The molecule has 1 aromatic carbocycles. The van der Waals surface area contributed by atoms with E-state index >= 15 is 0 Å². The number of esters is 1. The highest BCUT2D eigenvalue weighted by molar-refractivity contribution is 6.33. The first kappa shape index (κ1) is 15.2. The van der Waals surface area contributed by atoms with Gasteiger partial charge in [0.25, 0.3) is 0 Å². The summed E-state index contributed by atoms with van der Waals surface area (Å²) in [5, 5.41) is 12.5. The predicted octanol–water partition coefficient (Wildman–Crippen LogP) is 2.19. The molecule has 0 aliphatic carbocycles. The third kappa shape index (κ3) is 2.54. The Balaban J connectivity index is 2.62. The van der Waals surface area contributed by atoms with E-state index in [-0.39, 0.29) is 22.4 Å². The van der Waals surface area contributed by atoms with Crippen LogP contribution in [0.25, 0.3) is 0 Å². The summed E-state index contributed by atoms with van der Waals surface area (Å²) < 4.78 is 4.79. The van der Waals surface area contributed by atoms with E-state index in [1.54, 1.807) is 26.1 Å². The number of allylic oxidation sites excluding steroid dienone is 1. The molecule has 2 amide bonds. The number of benzene rings is 1. The summed E-state index contributed by atoms with van der Waals surface area (Å²) in [7, 11) is 2.81. The molecule has 21 heavy (non-hydrogen) atoms. The summed E-state index contributed by atoms with van der Waals surface area (Å²) in [6, 6.07) is 3.50. The van der Waals surface area contributed by atoms with Crippen LogP contribution in [-0.2, 0) is 9.53 Å². The molecule has 0 saturated heterocycles. The number of aromatic hydroxyl groups is 1. The fraction of sp³-hybridized carbons (Fsp3) is 0.286. The van der Waals surface area contributed by atoms with Gasteiger partial charge in [-0.25, -0.2) is 9.59 Å². The Labute approximate surface area is 126 Å². The molecule has 0 spiro atoms. The maximum absolute atomic E-state index is 12.0. The second-order valence-electron chi connectivity index (χ2n) is 4.61. The minimum absolute atomic E-state index is 0.0848. The van der Waals surface area contributed by atoms with E-state index in [4.69, 9.17) is 16.3 Å². The maximum atomic E-state index is 12.0. The van der Waals surface area contributed by atoms with Gasteiger partial charge in [0.2, 0.25) is 0 Å². The molecule has 6 nitrogen and oxygen atoms in total. The first-order chi connectivity index (χ1) is 9.88. The molecule has 0 radical (unpaired) electrons. The fourth-order valence-corrected chi connectivity index (χ4v) is 2.44. The van der Waals surface area contributed by atoms with Crippen LogP contribution in [0.4, 0.5) is 4.79 Å². The molecule has 0 fully saturated rings. The molecule has 1 atom stereocenters. The molecular formula is C14H15ClN2O4. The molecule has 1 aromatic rings. The van der Waals surface area contributed by atoms with Gasteiger partial charge in [-0.1, -0.05) is 23.7 Å². The minimum Gasteiger partial charge on any atom is -0.506 e. The summed E-state index contributed by atoms with van der Waals surface area (Å²) in [6.07, 6.45) is 0. The first-order valence-electron chi connectivity index (χ1n) is 6.19. The summed E-state index contributed by atoms with van der Waals surface area (Å²) in [5.74, 6) is -0.687. The second kappa shape index (κ2) is 5.65. The maximum Gasteiger partial charge on any atom is 0.337 e. The standard InChI is InChI=1S/C14H15ClN2O4/c1-7-10(13(19)21-3)12(16-14(20)17(7)2)8-5-4-6-9(18)11(8)15/h4-6,12,18H,1-3H3,(H,16,20)/t12-/m0/s1. The van der Waals surface area contributed by atoms with Crippen LogP contribution >= 0.6 is 11.6 Å². The minimum atomic E-state index is -0.777. The van der Waals surface area contributed by atoms with Crippen molar-refractivity contribution < 1.29 is 19.4 Å². The van der Waals surface area contributed by atoms with E-state index in [9.17, 15) is 14.7 Å². The third-order valence-corrected chi connectivity index (χ3v) is 3.89. The molecule has 1 heterocycles. The van der Waals surface area contributed by atoms with E-state index in [2.05, 4.69) is 5.32 Å². The topological polar surface area (TPSA) is 78.9 Å². The first-order valence-corrected chi connectivity index (χ1v) is 6.57. The highest BCUT2D eigenvalue weighted by atomic mass is 35.5. The summed E-state index contributed by atoms with van der Waals surface area (Å²) in [4.78, 5) is 25.3. The van der Waals surface area contributed by atoms with Crippen LogP contribution < -0.4 is 5.32 Å². The van der Waals surface area contributed by atoms with Gasteiger partial charge in [-0.2, -0.15) is 0 Å². The number of carbonyl (C=O) groups excluding carboxylic acids is 2. The number of amides is 2. The van der Waals surface area contributed by atoms with Crippen LogP contribution in [0.3, 0.4) is 0 Å². The Morgan fingerprint density at radius 1 is 1.48 bits per heavy atom. The summed E-state index contributed by atoms with van der Waals surface area (Å²) >= 11 is 6.08. The van der Waals surface area contributed by atoms with Crippen molar-refractivity contribution in [3.05, 3.63) is 40.1 Å². The number of urea groups is 1. The van der Waals surface area contributed by atoms with Crippen LogP contribution in [0.15, 0.2) is 29.5 Å². The molecule has 112 valence electrons. The van der Waals surface area contributed by atoms with Crippen molar-refractivity contribution in [2.45, 2.75) is 13.0 Å².